The van der Waals surface area contributed by atoms with Crippen LogP contribution in [0.3, 0.4) is 0 Å². The number of aryl methyl sites for hydroxylation is 1. The Morgan fingerprint density at radius 1 is 1.24 bits per heavy atom. The summed E-state index contributed by atoms with van der Waals surface area (Å²) in [6.45, 7) is 12.0. The molecule has 2 aromatic rings. The van der Waals surface area contributed by atoms with Gasteiger partial charge in [-0.1, -0.05) is 30.3 Å². The number of esters is 1. The Hall–Kier alpha value is -3.23. The lowest BCUT2D eigenvalue weighted by atomic mass is 10.2. The minimum absolute atomic E-state index is 0.00679. The van der Waals surface area contributed by atoms with Crippen molar-refractivity contribution in [2.45, 2.75) is 46.6 Å². The Bertz CT molecular complexity index is 1040. The van der Waals surface area contributed by atoms with Crippen molar-refractivity contribution in [3.63, 3.8) is 0 Å². The first-order chi connectivity index (χ1) is 16.2. The molecule has 2 aromatic carbocycles. The van der Waals surface area contributed by atoms with E-state index in [9.17, 15) is 9.59 Å². The van der Waals surface area contributed by atoms with E-state index in [2.05, 4.69) is 17.3 Å². The largest absolute Gasteiger partial charge is 0.491 e. The molecule has 9 heteroatoms. The number of hydrogen-bond donors (Lipinski definition) is 2. The van der Waals surface area contributed by atoms with Crippen LogP contribution < -0.4 is 15.5 Å². The SMILES string of the molecule is C=C(CN1NC(Nc2ccc(OC(C)C)c(C)c2)N(Cc2ccc(Cl)cc2)C1=O)C(=O)OCC. The molecule has 0 spiro atoms. The van der Waals surface area contributed by atoms with Gasteiger partial charge in [0, 0.05) is 10.7 Å². The lowest BCUT2D eigenvalue weighted by molar-refractivity contribution is -0.138. The number of amides is 2. The minimum atomic E-state index is -0.561. The number of nitrogens with zero attached hydrogens (tertiary/aromatic N) is 2. The second kappa shape index (κ2) is 11.3. The maximum Gasteiger partial charge on any atom is 0.337 e. The molecule has 1 heterocycles. The fourth-order valence-corrected chi connectivity index (χ4v) is 3.60. The molecule has 34 heavy (non-hydrogen) atoms. The van der Waals surface area contributed by atoms with Crippen LogP contribution >= 0.6 is 11.6 Å². The third-order valence-corrected chi connectivity index (χ3v) is 5.34. The molecule has 0 radical (unpaired) electrons. The first kappa shape index (κ1) is 25.4. The molecule has 1 unspecified atom stereocenters. The van der Waals surface area contributed by atoms with Gasteiger partial charge in [0.05, 0.1) is 31.4 Å². The summed E-state index contributed by atoms with van der Waals surface area (Å²) in [6.07, 6.45) is -0.489. The number of anilines is 1. The second-order valence-electron chi connectivity index (χ2n) is 8.27. The average molecular weight is 487 g/mol. The van der Waals surface area contributed by atoms with E-state index in [1.54, 1.807) is 24.0 Å². The topological polar surface area (TPSA) is 83.1 Å². The normalized spacial score (nSPS) is 15.6. The number of urea groups is 1. The molecular formula is C25H31ClN4O4. The first-order valence-electron chi connectivity index (χ1n) is 11.2. The van der Waals surface area contributed by atoms with Crippen LogP contribution in [0.25, 0.3) is 0 Å². The van der Waals surface area contributed by atoms with Gasteiger partial charge in [-0.25, -0.2) is 9.59 Å². The third-order valence-electron chi connectivity index (χ3n) is 5.09. The quantitative estimate of drug-likeness (QED) is 0.374. The van der Waals surface area contributed by atoms with Crippen LogP contribution in [0.2, 0.25) is 5.02 Å². The van der Waals surface area contributed by atoms with Gasteiger partial charge in [-0.15, -0.1) is 0 Å². The summed E-state index contributed by atoms with van der Waals surface area (Å²) in [6, 6.07) is 12.8. The van der Waals surface area contributed by atoms with Gasteiger partial charge in [-0.3, -0.25) is 9.91 Å². The average Bonchev–Trinajstić information content (AvgIpc) is 3.05. The van der Waals surface area contributed by atoms with Gasteiger partial charge in [0.1, 0.15) is 5.75 Å². The molecule has 1 saturated heterocycles. The zero-order valence-electron chi connectivity index (χ0n) is 19.9. The zero-order chi connectivity index (χ0) is 24.8. The number of hydrogen-bond acceptors (Lipinski definition) is 6. The van der Waals surface area contributed by atoms with Crippen molar-refractivity contribution in [2.75, 3.05) is 18.5 Å². The number of benzene rings is 2. The van der Waals surface area contributed by atoms with E-state index in [0.29, 0.717) is 11.6 Å². The highest BCUT2D eigenvalue weighted by Gasteiger charge is 2.37. The van der Waals surface area contributed by atoms with Crippen molar-refractivity contribution in [1.82, 2.24) is 15.3 Å². The smallest absolute Gasteiger partial charge is 0.337 e. The molecule has 1 atom stereocenters. The molecule has 0 bridgehead atoms. The molecule has 1 aliphatic heterocycles. The summed E-state index contributed by atoms with van der Waals surface area (Å²) >= 11 is 6.01. The Morgan fingerprint density at radius 3 is 2.56 bits per heavy atom. The molecule has 182 valence electrons. The fraction of sp³-hybridized carbons (Fsp3) is 0.360. The monoisotopic (exact) mass is 486 g/mol. The van der Waals surface area contributed by atoms with E-state index in [0.717, 1.165) is 22.6 Å². The molecule has 2 amide bonds. The van der Waals surface area contributed by atoms with Gasteiger partial charge in [-0.05, 0) is 69.2 Å². The standard InChI is InChI=1S/C25H31ClN4O4/c1-6-33-23(31)18(5)14-30-25(32)29(15-19-7-9-20(26)10-8-19)24(28-30)27-21-11-12-22(17(4)13-21)34-16(2)3/h7-13,16,24,27-28H,5-6,14-15H2,1-4H3. The lowest BCUT2D eigenvalue weighted by Gasteiger charge is -2.24. The van der Waals surface area contributed by atoms with E-state index in [1.807, 2.05) is 51.1 Å². The van der Waals surface area contributed by atoms with Crippen LogP contribution in [-0.4, -0.2) is 47.5 Å². The highest BCUT2D eigenvalue weighted by molar-refractivity contribution is 6.30. The van der Waals surface area contributed by atoms with E-state index in [-0.39, 0.29) is 30.9 Å². The van der Waals surface area contributed by atoms with E-state index < -0.39 is 12.3 Å². The van der Waals surface area contributed by atoms with Crippen molar-refractivity contribution < 1.29 is 19.1 Å². The van der Waals surface area contributed by atoms with Gasteiger partial charge in [0.25, 0.3) is 0 Å². The molecule has 0 aliphatic carbocycles. The summed E-state index contributed by atoms with van der Waals surface area (Å²) in [5, 5.41) is 5.34. The highest BCUT2D eigenvalue weighted by Crippen LogP contribution is 2.25. The first-order valence-corrected chi connectivity index (χ1v) is 11.5. The minimum Gasteiger partial charge on any atom is -0.491 e. The Morgan fingerprint density at radius 2 is 1.94 bits per heavy atom. The van der Waals surface area contributed by atoms with E-state index in [1.165, 1.54) is 5.01 Å². The fourth-order valence-electron chi connectivity index (χ4n) is 3.48. The van der Waals surface area contributed by atoms with Crippen molar-refractivity contribution >= 4 is 29.3 Å². The van der Waals surface area contributed by atoms with Crippen LogP contribution in [-0.2, 0) is 16.1 Å². The van der Waals surface area contributed by atoms with Gasteiger partial charge in [-0.2, -0.15) is 5.43 Å². The second-order valence-corrected chi connectivity index (χ2v) is 8.71. The summed E-state index contributed by atoms with van der Waals surface area (Å²) in [4.78, 5) is 26.9. The summed E-state index contributed by atoms with van der Waals surface area (Å²) in [5.41, 5.74) is 6.01. The molecule has 0 saturated carbocycles. The summed E-state index contributed by atoms with van der Waals surface area (Å²) in [7, 11) is 0. The Balaban J connectivity index is 1.80. The van der Waals surface area contributed by atoms with Crippen LogP contribution in [0.4, 0.5) is 10.5 Å². The third kappa shape index (κ3) is 6.42. The Labute approximate surface area is 205 Å². The van der Waals surface area contributed by atoms with Gasteiger partial charge >= 0.3 is 12.0 Å². The van der Waals surface area contributed by atoms with Gasteiger partial charge in [0.2, 0.25) is 0 Å². The molecule has 1 fully saturated rings. The number of carbonyl (C=O) groups excluding carboxylic acids is 2. The predicted molar refractivity (Wildman–Crippen MR) is 132 cm³/mol. The summed E-state index contributed by atoms with van der Waals surface area (Å²) in [5.74, 6) is 0.274. The molecule has 2 N–H and O–H groups in total. The van der Waals surface area contributed by atoms with E-state index >= 15 is 0 Å². The van der Waals surface area contributed by atoms with Crippen molar-refractivity contribution in [3.8, 4) is 5.75 Å². The van der Waals surface area contributed by atoms with Crippen LogP contribution in [0.1, 0.15) is 31.9 Å². The number of nitrogens with one attached hydrogen (secondary N) is 2. The maximum absolute atomic E-state index is 13.2. The lowest BCUT2D eigenvalue weighted by Crippen LogP contribution is -2.44. The Kier molecular flexibility index (Phi) is 8.41. The molecular weight excluding hydrogens is 456 g/mol. The van der Waals surface area contributed by atoms with E-state index in [4.69, 9.17) is 21.1 Å². The summed E-state index contributed by atoms with van der Waals surface area (Å²) < 4.78 is 10.8. The van der Waals surface area contributed by atoms with Crippen LogP contribution in [0.15, 0.2) is 54.6 Å². The molecule has 0 aromatic heterocycles. The zero-order valence-corrected chi connectivity index (χ0v) is 20.7. The van der Waals surface area contributed by atoms with Crippen LogP contribution in [0.5, 0.6) is 5.75 Å². The highest BCUT2D eigenvalue weighted by atomic mass is 35.5. The van der Waals surface area contributed by atoms with Gasteiger partial charge in [0.15, 0.2) is 6.29 Å². The number of ether oxygens (including phenoxy) is 2. The van der Waals surface area contributed by atoms with Crippen molar-refractivity contribution in [2.24, 2.45) is 0 Å². The number of rotatable bonds is 10. The predicted octanol–water partition coefficient (Wildman–Crippen LogP) is 4.69. The number of carbonyl (C=O) groups is 2. The van der Waals surface area contributed by atoms with Crippen LogP contribution in [0, 0.1) is 6.92 Å². The van der Waals surface area contributed by atoms with Crippen molar-refractivity contribution in [1.29, 1.82) is 0 Å². The number of hydrazine groups is 1. The maximum atomic E-state index is 13.2. The van der Waals surface area contributed by atoms with Crippen molar-refractivity contribution in [3.05, 3.63) is 70.8 Å². The van der Waals surface area contributed by atoms with Gasteiger partial charge < -0.3 is 14.8 Å². The number of halogens is 1. The molecule has 1 aliphatic rings. The molecule has 3 rings (SSSR count). The molecule has 8 nitrogen and oxygen atoms in total.